The Morgan fingerprint density at radius 3 is 2.54 bits per heavy atom. The third-order valence-electron chi connectivity index (χ3n) is 4.55. The summed E-state index contributed by atoms with van der Waals surface area (Å²) in [5.41, 5.74) is 3.28. The summed E-state index contributed by atoms with van der Waals surface area (Å²) in [4.78, 5) is 14.8. The maximum atomic E-state index is 12.6. The summed E-state index contributed by atoms with van der Waals surface area (Å²) >= 11 is 0. The number of nitrogens with zero attached hydrogens (tertiary/aromatic N) is 5. The largest absolute Gasteiger partial charge is 0.463 e. The van der Waals surface area contributed by atoms with Gasteiger partial charge in [-0.05, 0) is 55.8 Å². The summed E-state index contributed by atoms with van der Waals surface area (Å²) in [6, 6.07) is 7.73. The van der Waals surface area contributed by atoms with Crippen molar-refractivity contribution in [2.45, 2.75) is 33.7 Å². The van der Waals surface area contributed by atoms with Crippen LogP contribution in [0.3, 0.4) is 0 Å². The summed E-state index contributed by atoms with van der Waals surface area (Å²) in [7, 11) is 0. The highest BCUT2D eigenvalue weighted by molar-refractivity contribution is 5.92. The van der Waals surface area contributed by atoms with Crippen molar-refractivity contribution >= 4 is 17.6 Å². The van der Waals surface area contributed by atoms with Crippen molar-refractivity contribution in [1.82, 2.24) is 20.2 Å². The summed E-state index contributed by atoms with van der Waals surface area (Å²) in [5.74, 6) is 0.143. The van der Waals surface area contributed by atoms with E-state index in [1.165, 1.54) is 0 Å². The van der Waals surface area contributed by atoms with Crippen LogP contribution in [0.1, 0.15) is 39.3 Å². The van der Waals surface area contributed by atoms with Crippen molar-refractivity contribution in [3.63, 3.8) is 0 Å². The van der Waals surface area contributed by atoms with Crippen LogP contribution in [-0.4, -0.2) is 45.9 Å². The van der Waals surface area contributed by atoms with Crippen molar-refractivity contribution in [3.8, 4) is 0 Å². The molecule has 138 valence electrons. The number of aromatic nitrogens is 4. The first-order chi connectivity index (χ1) is 12.6. The van der Waals surface area contributed by atoms with Crippen LogP contribution in [0.2, 0.25) is 0 Å². The zero-order chi connectivity index (χ0) is 18.7. The molecule has 2 aromatic rings. The number of rotatable bonds is 6. The van der Waals surface area contributed by atoms with E-state index in [9.17, 15) is 4.79 Å². The topological polar surface area (TPSA) is 85.2 Å². The van der Waals surface area contributed by atoms with E-state index in [4.69, 9.17) is 4.74 Å². The van der Waals surface area contributed by atoms with Gasteiger partial charge in [-0.2, -0.15) is 4.68 Å². The molecule has 2 heterocycles. The smallest absolute Gasteiger partial charge is 0.338 e. The summed E-state index contributed by atoms with van der Waals surface area (Å²) < 4.78 is 6.88. The summed E-state index contributed by atoms with van der Waals surface area (Å²) in [5, 5.41) is 14.9. The molecule has 0 saturated heterocycles. The first-order valence-electron chi connectivity index (χ1n) is 8.88. The minimum atomic E-state index is -0.425. The van der Waals surface area contributed by atoms with Gasteiger partial charge in [0.2, 0.25) is 5.95 Å². The van der Waals surface area contributed by atoms with E-state index in [0.29, 0.717) is 23.8 Å². The van der Waals surface area contributed by atoms with Crippen LogP contribution in [0, 0.1) is 0 Å². The molecule has 26 heavy (non-hydrogen) atoms. The molecular weight excluding hydrogens is 332 g/mol. The Morgan fingerprint density at radius 1 is 1.23 bits per heavy atom. The molecule has 0 radical (unpaired) electrons. The zero-order valence-electron chi connectivity index (χ0n) is 15.6. The molecule has 0 unspecified atom stereocenters. The third-order valence-corrected chi connectivity index (χ3v) is 4.55. The molecule has 1 aromatic heterocycles. The molecule has 0 bridgehead atoms. The highest BCUT2D eigenvalue weighted by atomic mass is 16.5. The zero-order valence-corrected chi connectivity index (χ0v) is 15.6. The van der Waals surface area contributed by atoms with Gasteiger partial charge in [-0.3, -0.25) is 0 Å². The van der Waals surface area contributed by atoms with Crippen LogP contribution >= 0.6 is 0 Å². The van der Waals surface area contributed by atoms with Crippen LogP contribution < -0.4 is 10.2 Å². The number of hydrogen-bond donors (Lipinski definition) is 1. The van der Waals surface area contributed by atoms with E-state index in [-0.39, 0.29) is 5.97 Å². The summed E-state index contributed by atoms with van der Waals surface area (Å²) in [6.45, 7) is 10.1. The van der Waals surface area contributed by atoms with Crippen molar-refractivity contribution in [2.24, 2.45) is 0 Å². The fourth-order valence-electron chi connectivity index (χ4n) is 3.25. The van der Waals surface area contributed by atoms with Gasteiger partial charge in [0.15, 0.2) is 0 Å². The van der Waals surface area contributed by atoms with Crippen LogP contribution in [0.25, 0.3) is 0 Å². The lowest BCUT2D eigenvalue weighted by molar-refractivity contribution is -0.139. The van der Waals surface area contributed by atoms with Crippen LogP contribution in [0.4, 0.5) is 11.6 Å². The number of esters is 1. The van der Waals surface area contributed by atoms with Gasteiger partial charge in [-0.15, -0.1) is 0 Å². The maximum Gasteiger partial charge on any atom is 0.338 e. The fourth-order valence-corrected chi connectivity index (χ4v) is 3.25. The molecule has 0 saturated carbocycles. The monoisotopic (exact) mass is 356 g/mol. The number of nitrogens with one attached hydrogen (secondary N) is 1. The van der Waals surface area contributed by atoms with E-state index >= 15 is 0 Å². The van der Waals surface area contributed by atoms with Crippen LogP contribution in [0.5, 0.6) is 0 Å². The summed E-state index contributed by atoms with van der Waals surface area (Å²) in [6.07, 6.45) is 0. The highest BCUT2D eigenvalue weighted by Gasteiger charge is 2.34. The number of hydrogen-bond acceptors (Lipinski definition) is 7. The Morgan fingerprint density at radius 2 is 1.92 bits per heavy atom. The van der Waals surface area contributed by atoms with Gasteiger partial charge < -0.3 is 15.0 Å². The molecule has 3 rings (SSSR count). The number of carbonyl (C=O) groups excluding carboxylic acids is 1. The third kappa shape index (κ3) is 3.14. The average Bonchev–Trinajstić information content (AvgIpc) is 3.10. The lowest BCUT2D eigenvalue weighted by Gasteiger charge is -2.28. The number of ether oxygens (including phenoxy) is 1. The van der Waals surface area contributed by atoms with E-state index in [1.807, 2.05) is 19.1 Å². The quantitative estimate of drug-likeness (QED) is 0.795. The SMILES string of the molecule is CCOC(=O)C1=C(C)Nc2nnnn2[C@@H]1c1ccc(N(CC)CC)cc1. The molecule has 0 spiro atoms. The first-order valence-corrected chi connectivity index (χ1v) is 8.88. The van der Waals surface area contributed by atoms with Gasteiger partial charge in [0.1, 0.15) is 6.04 Å². The lowest BCUT2D eigenvalue weighted by Crippen LogP contribution is -2.29. The van der Waals surface area contributed by atoms with Gasteiger partial charge in [0.05, 0.1) is 12.2 Å². The fraction of sp³-hybridized carbons (Fsp3) is 0.444. The van der Waals surface area contributed by atoms with Gasteiger partial charge in [0, 0.05) is 24.5 Å². The van der Waals surface area contributed by atoms with E-state index < -0.39 is 6.04 Å². The number of anilines is 2. The number of carbonyl (C=O) groups is 1. The van der Waals surface area contributed by atoms with Gasteiger partial charge in [-0.1, -0.05) is 17.2 Å². The molecule has 1 N–H and O–H groups in total. The van der Waals surface area contributed by atoms with E-state index in [2.05, 4.69) is 51.7 Å². The number of fused-ring (bicyclic) bond motifs is 1. The molecule has 8 nitrogen and oxygen atoms in total. The van der Waals surface area contributed by atoms with Gasteiger partial charge in [-0.25, -0.2) is 4.79 Å². The van der Waals surface area contributed by atoms with Crippen molar-refractivity contribution in [1.29, 1.82) is 0 Å². The van der Waals surface area contributed by atoms with Gasteiger partial charge in [0.25, 0.3) is 0 Å². The molecule has 0 amide bonds. The Hall–Kier alpha value is -2.90. The molecule has 1 aliphatic heterocycles. The second-order valence-electron chi connectivity index (χ2n) is 6.00. The van der Waals surface area contributed by atoms with Crippen LogP contribution in [-0.2, 0) is 9.53 Å². The predicted molar refractivity (Wildman–Crippen MR) is 98.9 cm³/mol. The van der Waals surface area contributed by atoms with Crippen LogP contribution in [0.15, 0.2) is 35.5 Å². The van der Waals surface area contributed by atoms with Crippen molar-refractivity contribution in [2.75, 3.05) is 29.9 Å². The molecule has 1 atom stereocenters. The Kier molecular flexibility index (Phi) is 5.20. The van der Waals surface area contributed by atoms with Crippen molar-refractivity contribution in [3.05, 3.63) is 41.1 Å². The Bertz CT molecular complexity index is 807. The number of tetrazole rings is 1. The minimum absolute atomic E-state index is 0.311. The second kappa shape index (κ2) is 7.55. The number of benzene rings is 1. The second-order valence-corrected chi connectivity index (χ2v) is 6.00. The molecule has 0 aliphatic carbocycles. The van der Waals surface area contributed by atoms with Crippen molar-refractivity contribution < 1.29 is 9.53 Å². The first kappa shape index (κ1) is 17.9. The lowest BCUT2D eigenvalue weighted by atomic mass is 9.95. The minimum Gasteiger partial charge on any atom is -0.463 e. The predicted octanol–water partition coefficient (Wildman–Crippen LogP) is 2.37. The highest BCUT2D eigenvalue weighted by Crippen LogP contribution is 2.35. The van der Waals surface area contributed by atoms with E-state index in [0.717, 1.165) is 24.3 Å². The normalized spacial score (nSPS) is 16.1. The Labute approximate surface area is 152 Å². The molecule has 1 aliphatic rings. The molecule has 8 heteroatoms. The molecular formula is C18H24N6O2. The standard InChI is InChI=1S/C18H24N6O2/c1-5-23(6-2)14-10-8-13(9-11-14)16-15(17(25)26-7-3)12(4)19-18-20-21-22-24(16)18/h8-11,16H,5-7H2,1-4H3,(H,19,20,22)/t16-/m1/s1. The average molecular weight is 356 g/mol. The Balaban J connectivity index is 2.04. The van der Waals surface area contributed by atoms with Gasteiger partial charge >= 0.3 is 5.97 Å². The molecule has 1 aromatic carbocycles. The van der Waals surface area contributed by atoms with E-state index in [1.54, 1.807) is 11.6 Å². The maximum absolute atomic E-state index is 12.6. The molecule has 0 fully saturated rings. The number of allylic oxidation sites excluding steroid dienone is 1.